The zero-order valence-electron chi connectivity index (χ0n) is 9.44. The average Bonchev–Trinajstić information content (AvgIpc) is 2.17. The molecule has 2 nitrogen and oxygen atoms in total. The third-order valence-electron chi connectivity index (χ3n) is 2.29. The number of hydrogen-bond donors (Lipinski definition) is 0. The van der Waals surface area contributed by atoms with Crippen LogP contribution in [0.5, 0.6) is 5.75 Å². The van der Waals surface area contributed by atoms with Gasteiger partial charge in [-0.2, -0.15) is 22.0 Å². The van der Waals surface area contributed by atoms with E-state index < -0.39 is 29.9 Å². The molecule has 0 N–H and O–H groups in total. The van der Waals surface area contributed by atoms with Crippen LogP contribution in [0.15, 0.2) is 12.1 Å². The van der Waals surface area contributed by atoms with E-state index in [0.29, 0.717) is 6.07 Å². The molecule has 0 aliphatic rings. The van der Waals surface area contributed by atoms with E-state index in [1.807, 2.05) is 0 Å². The Hall–Kier alpha value is -1.66. The molecule has 0 unspecified atom stereocenters. The number of rotatable bonds is 3. The largest absolute Gasteiger partial charge is 0.435 e. The molecule has 0 heterocycles. The predicted molar refractivity (Wildman–Crippen MR) is 52.8 cm³/mol. The van der Waals surface area contributed by atoms with Gasteiger partial charge in [0.1, 0.15) is 5.75 Å². The minimum Gasteiger partial charge on any atom is -0.435 e. The van der Waals surface area contributed by atoms with Crippen LogP contribution in [0.3, 0.4) is 0 Å². The van der Waals surface area contributed by atoms with Crippen LogP contribution < -0.4 is 4.74 Å². The van der Waals surface area contributed by atoms with Gasteiger partial charge in [-0.05, 0) is 31.5 Å². The summed E-state index contributed by atoms with van der Waals surface area (Å²) >= 11 is 0. The monoisotopic (exact) mass is 268 g/mol. The zero-order chi connectivity index (χ0) is 14.1. The topological polar surface area (TPSA) is 26.3 Å². The van der Waals surface area contributed by atoms with E-state index in [0.717, 1.165) is 19.9 Å². The molecule has 1 aromatic carbocycles. The summed E-state index contributed by atoms with van der Waals surface area (Å²) in [5.74, 6) is -1.34. The predicted octanol–water partition coefficient (Wildman–Crippen LogP) is 3.82. The number of alkyl halides is 5. The van der Waals surface area contributed by atoms with Gasteiger partial charge in [0.05, 0.1) is 5.56 Å². The normalized spacial score (nSPS) is 11.8. The molecule has 0 atom stereocenters. The van der Waals surface area contributed by atoms with Crippen molar-refractivity contribution in [3.63, 3.8) is 0 Å². The average molecular weight is 268 g/mol. The minimum atomic E-state index is -4.74. The lowest BCUT2D eigenvalue weighted by Gasteiger charge is -2.15. The lowest BCUT2D eigenvalue weighted by molar-refractivity contribution is -0.138. The summed E-state index contributed by atoms with van der Waals surface area (Å²) in [6, 6.07) is 1.33. The summed E-state index contributed by atoms with van der Waals surface area (Å²) in [6.07, 6.45) is -4.74. The van der Waals surface area contributed by atoms with Crippen molar-refractivity contribution in [2.45, 2.75) is 26.6 Å². The maximum atomic E-state index is 12.7. The SMILES string of the molecule is CC(=O)c1cc(OC(F)F)cc(C(F)(F)F)c1C. The molecular formula is C11H9F5O2. The van der Waals surface area contributed by atoms with E-state index in [2.05, 4.69) is 4.74 Å². The van der Waals surface area contributed by atoms with Crippen LogP contribution >= 0.6 is 0 Å². The van der Waals surface area contributed by atoms with Crippen molar-refractivity contribution >= 4 is 5.78 Å². The molecule has 0 amide bonds. The van der Waals surface area contributed by atoms with E-state index in [-0.39, 0.29) is 11.1 Å². The highest BCUT2D eigenvalue weighted by Gasteiger charge is 2.34. The number of carbonyl (C=O) groups excluding carboxylic acids is 1. The van der Waals surface area contributed by atoms with Crippen molar-refractivity contribution in [3.8, 4) is 5.75 Å². The summed E-state index contributed by atoms with van der Waals surface area (Å²) in [4.78, 5) is 11.2. The van der Waals surface area contributed by atoms with Gasteiger partial charge >= 0.3 is 12.8 Å². The van der Waals surface area contributed by atoms with Crippen molar-refractivity contribution < 1.29 is 31.5 Å². The van der Waals surface area contributed by atoms with Gasteiger partial charge in [0.15, 0.2) is 5.78 Å². The second-order valence-corrected chi connectivity index (χ2v) is 3.58. The Balaban J connectivity index is 3.42. The van der Waals surface area contributed by atoms with Crippen LogP contribution in [0.25, 0.3) is 0 Å². The lowest BCUT2D eigenvalue weighted by Crippen LogP contribution is -2.12. The van der Waals surface area contributed by atoms with E-state index in [9.17, 15) is 26.7 Å². The number of Topliss-reactive ketones (excluding diaryl/α,β-unsaturated/α-hetero) is 1. The Morgan fingerprint density at radius 3 is 2.22 bits per heavy atom. The number of halogens is 5. The number of ketones is 1. The summed E-state index contributed by atoms with van der Waals surface area (Å²) < 4.78 is 65.9. The van der Waals surface area contributed by atoms with Gasteiger partial charge in [-0.25, -0.2) is 0 Å². The first-order valence-corrected chi connectivity index (χ1v) is 4.80. The highest BCUT2D eigenvalue weighted by atomic mass is 19.4. The standard InChI is InChI=1S/C11H9F5O2/c1-5-8(6(2)17)3-7(18-10(12)13)4-9(5)11(14,15)16/h3-4,10H,1-2H3. The van der Waals surface area contributed by atoms with Crippen LogP contribution in [0.1, 0.15) is 28.4 Å². The van der Waals surface area contributed by atoms with Crippen molar-refractivity contribution in [1.29, 1.82) is 0 Å². The van der Waals surface area contributed by atoms with Gasteiger partial charge in [0.2, 0.25) is 0 Å². The van der Waals surface area contributed by atoms with Crippen LogP contribution in [-0.4, -0.2) is 12.4 Å². The third-order valence-corrected chi connectivity index (χ3v) is 2.29. The van der Waals surface area contributed by atoms with Crippen molar-refractivity contribution in [3.05, 3.63) is 28.8 Å². The molecule has 0 aliphatic carbocycles. The van der Waals surface area contributed by atoms with E-state index in [4.69, 9.17) is 0 Å². The highest BCUT2D eigenvalue weighted by molar-refractivity contribution is 5.96. The molecule has 18 heavy (non-hydrogen) atoms. The Labute approximate surface area is 99.4 Å². The summed E-state index contributed by atoms with van der Waals surface area (Å²) in [7, 11) is 0. The Morgan fingerprint density at radius 1 is 1.28 bits per heavy atom. The van der Waals surface area contributed by atoms with Crippen LogP contribution in [0.4, 0.5) is 22.0 Å². The molecule has 0 bridgehead atoms. The first-order valence-electron chi connectivity index (χ1n) is 4.80. The lowest BCUT2D eigenvalue weighted by atomic mass is 9.99. The zero-order valence-corrected chi connectivity index (χ0v) is 9.44. The van der Waals surface area contributed by atoms with Crippen molar-refractivity contribution in [1.82, 2.24) is 0 Å². The Morgan fingerprint density at radius 2 is 1.83 bits per heavy atom. The van der Waals surface area contributed by atoms with E-state index >= 15 is 0 Å². The van der Waals surface area contributed by atoms with E-state index in [1.165, 1.54) is 0 Å². The fraction of sp³-hybridized carbons (Fsp3) is 0.364. The van der Waals surface area contributed by atoms with Crippen LogP contribution in [0.2, 0.25) is 0 Å². The van der Waals surface area contributed by atoms with Gasteiger partial charge in [0.25, 0.3) is 0 Å². The Kier molecular flexibility index (Phi) is 3.93. The number of hydrogen-bond acceptors (Lipinski definition) is 2. The van der Waals surface area contributed by atoms with Crippen molar-refractivity contribution in [2.24, 2.45) is 0 Å². The molecule has 0 fully saturated rings. The summed E-state index contributed by atoms with van der Waals surface area (Å²) in [6.45, 7) is -1.10. The summed E-state index contributed by atoms with van der Waals surface area (Å²) in [5, 5.41) is 0. The first-order chi connectivity index (χ1) is 8.12. The van der Waals surface area contributed by atoms with Crippen LogP contribution in [0, 0.1) is 6.92 Å². The molecule has 1 rings (SSSR count). The second kappa shape index (κ2) is 4.91. The molecule has 0 spiro atoms. The van der Waals surface area contributed by atoms with Crippen molar-refractivity contribution in [2.75, 3.05) is 0 Å². The van der Waals surface area contributed by atoms with E-state index in [1.54, 1.807) is 0 Å². The molecule has 0 radical (unpaired) electrons. The van der Waals surface area contributed by atoms with Gasteiger partial charge in [-0.1, -0.05) is 0 Å². The van der Waals surface area contributed by atoms with Gasteiger partial charge in [0, 0.05) is 5.56 Å². The molecule has 0 saturated carbocycles. The molecule has 7 heteroatoms. The number of carbonyl (C=O) groups is 1. The molecule has 0 aromatic heterocycles. The third kappa shape index (κ3) is 3.18. The van der Waals surface area contributed by atoms with Gasteiger partial charge < -0.3 is 4.74 Å². The molecule has 1 aromatic rings. The number of benzene rings is 1. The fourth-order valence-electron chi connectivity index (χ4n) is 1.52. The fourth-order valence-corrected chi connectivity index (χ4v) is 1.52. The van der Waals surface area contributed by atoms with Gasteiger partial charge in [-0.15, -0.1) is 0 Å². The van der Waals surface area contributed by atoms with Gasteiger partial charge in [-0.3, -0.25) is 4.79 Å². The quantitative estimate of drug-likeness (QED) is 0.615. The maximum absolute atomic E-state index is 12.7. The minimum absolute atomic E-state index is 0.291. The maximum Gasteiger partial charge on any atom is 0.416 e. The number of ether oxygens (including phenoxy) is 1. The first kappa shape index (κ1) is 14.4. The molecule has 0 aliphatic heterocycles. The molecule has 0 saturated heterocycles. The molecular weight excluding hydrogens is 259 g/mol. The Bertz CT molecular complexity index is 465. The highest BCUT2D eigenvalue weighted by Crippen LogP contribution is 2.36. The smallest absolute Gasteiger partial charge is 0.416 e. The second-order valence-electron chi connectivity index (χ2n) is 3.58. The van der Waals surface area contributed by atoms with Crippen LogP contribution in [-0.2, 0) is 6.18 Å². The molecule has 100 valence electrons. The summed E-state index contributed by atoms with van der Waals surface area (Å²) in [5.41, 5.74) is -1.76.